The molecule has 0 fully saturated rings. The van der Waals surface area contributed by atoms with Gasteiger partial charge in [-0.05, 0) is 42.3 Å². The number of anilines is 1. The predicted molar refractivity (Wildman–Crippen MR) is 99.1 cm³/mol. The van der Waals surface area contributed by atoms with Crippen molar-refractivity contribution >= 4 is 29.0 Å². The Kier molecular flexibility index (Phi) is 5.00. The largest absolute Gasteiger partial charge is 0.340 e. The van der Waals surface area contributed by atoms with Crippen molar-refractivity contribution < 1.29 is 9.59 Å². The molecule has 5 heteroatoms. The molecule has 0 aliphatic carbocycles. The van der Waals surface area contributed by atoms with E-state index >= 15 is 0 Å². The Morgan fingerprint density at radius 2 is 1.80 bits per heavy atom. The molecule has 0 saturated heterocycles. The maximum absolute atomic E-state index is 12.5. The van der Waals surface area contributed by atoms with E-state index in [-0.39, 0.29) is 0 Å². The first-order valence-corrected chi connectivity index (χ1v) is 8.23. The fourth-order valence-electron chi connectivity index (χ4n) is 2.56. The van der Waals surface area contributed by atoms with E-state index < -0.39 is 11.7 Å². The second kappa shape index (κ2) is 7.36. The van der Waals surface area contributed by atoms with E-state index in [2.05, 4.69) is 5.32 Å². The summed E-state index contributed by atoms with van der Waals surface area (Å²) in [4.78, 5) is 24.8. The highest BCUT2D eigenvalue weighted by molar-refractivity contribution is 6.47. The van der Waals surface area contributed by atoms with E-state index in [0.717, 1.165) is 11.1 Å². The van der Waals surface area contributed by atoms with Crippen molar-refractivity contribution in [1.82, 2.24) is 4.57 Å². The van der Waals surface area contributed by atoms with Crippen LogP contribution in [0.2, 0.25) is 5.02 Å². The number of halogens is 1. The van der Waals surface area contributed by atoms with Gasteiger partial charge in [0.25, 0.3) is 11.7 Å². The molecule has 3 rings (SSSR count). The van der Waals surface area contributed by atoms with Crippen molar-refractivity contribution in [3.05, 3.63) is 88.7 Å². The molecule has 0 aliphatic heterocycles. The average Bonchev–Trinajstić information content (AvgIpc) is 3.05. The highest BCUT2D eigenvalue weighted by atomic mass is 35.5. The Morgan fingerprint density at radius 1 is 1.04 bits per heavy atom. The number of hydrogen-bond donors (Lipinski definition) is 1. The Hall–Kier alpha value is -2.85. The first-order chi connectivity index (χ1) is 12.0. The minimum atomic E-state index is -0.709. The topological polar surface area (TPSA) is 51.1 Å². The number of benzene rings is 2. The lowest BCUT2D eigenvalue weighted by atomic mass is 10.2. The number of hydrogen-bond acceptors (Lipinski definition) is 2. The molecule has 1 N–H and O–H groups in total. The van der Waals surface area contributed by atoms with Crippen molar-refractivity contribution in [3.63, 3.8) is 0 Å². The zero-order valence-corrected chi connectivity index (χ0v) is 14.5. The van der Waals surface area contributed by atoms with Gasteiger partial charge < -0.3 is 9.88 Å². The fraction of sp³-hybridized carbons (Fsp3) is 0.100. The molecule has 0 saturated carbocycles. The minimum Gasteiger partial charge on any atom is -0.340 e. The van der Waals surface area contributed by atoms with E-state index in [0.29, 0.717) is 22.9 Å². The van der Waals surface area contributed by atoms with Crippen LogP contribution in [0.4, 0.5) is 5.69 Å². The molecule has 4 nitrogen and oxygen atoms in total. The number of carbonyl (C=O) groups excluding carboxylic acids is 2. The van der Waals surface area contributed by atoms with E-state index in [1.807, 2.05) is 43.3 Å². The summed E-state index contributed by atoms with van der Waals surface area (Å²) in [7, 11) is 0. The summed E-state index contributed by atoms with van der Waals surface area (Å²) >= 11 is 6.11. The summed E-state index contributed by atoms with van der Waals surface area (Å²) in [5, 5.41) is 2.99. The lowest BCUT2D eigenvalue weighted by Crippen LogP contribution is -2.25. The molecule has 1 heterocycles. The van der Waals surface area contributed by atoms with Gasteiger partial charge in [-0.3, -0.25) is 9.59 Å². The van der Waals surface area contributed by atoms with Gasteiger partial charge in [0, 0.05) is 12.7 Å². The molecular weight excluding hydrogens is 336 g/mol. The van der Waals surface area contributed by atoms with Crippen LogP contribution in [0.5, 0.6) is 0 Å². The molecule has 0 bridgehead atoms. The Morgan fingerprint density at radius 3 is 2.52 bits per heavy atom. The average molecular weight is 353 g/mol. The first kappa shape index (κ1) is 17.0. The molecule has 0 atom stereocenters. The van der Waals surface area contributed by atoms with Gasteiger partial charge >= 0.3 is 0 Å². The summed E-state index contributed by atoms with van der Waals surface area (Å²) in [5.41, 5.74) is 2.79. The van der Waals surface area contributed by atoms with Gasteiger partial charge in [-0.25, -0.2) is 0 Å². The molecule has 0 unspecified atom stereocenters. The molecule has 1 amide bonds. The number of carbonyl (C=O) groups is 2. The predicted octanol–water partition coefficient (Wildman–Crippen LogP) is 4.32. The van der Waals surface area contributed by atoms with Gasteiger partial charge in [0.1, 0.15) is 0 Å². The summed E-state index contributed by atoms with van der Waals surface area (Å²) in [5.74, 6) is -1.31. The van der Waals surface area contributed by atoms with Crippen molar-refractivity contribution in [2.75, 3.05) is 5.32 Å². The fourth-order valence-corrected chi connectivity index (χ4v) is 2.84. The molecule has 1 aromatic heterocycles. The van der Waals surface area contributed by atoms with E-state index in [9.17, 15) is 9.59 Å². The molecular formula is C20H17ClN2O2. The number of aromatic nitrogens is 1. The number of amides is 1. The SMILES string of the molecule is Cc1ccc(NC(=O)C(=O)c2cccn2Cc2ccccc2)c(Cl)c1. The van der Waals surface area contributed by atoms with Crippen LogP contribution in [0.1, 0.15) is 21.6 Å². The smallest absolute Gasteiger partial charge is 0.298 e. The van der Waals surface area contributed by atoms with Crippen LogP contribution in [0.3, 0.4) is 0 Å². The zero-order valence-electron chi connectivity index (χ0n) is 13.7. The Labute approximate surface area is 151 Å². The van der Waals surface area contributed by atoms with Crippen LogP contribution < -0.4 is 5.32 Å². The van der Waals surface area contributed by atoms with Crippen LogP contribution in [-0.2, 0) is 11.3 Å². The third kappa shape index (κ3) is 3.98. The number of ketones is 1. The highest BCUT2D eigenvalue weighted by Crippen LogP contribution is 2.23. The van der Waals surface area contributed by atoms with Crippen LogP contribution in [0.25, 0.3) is 0 Å². The van der Waals surface area contributed by atoms with Gasteiger partial charge in [-0.15, -0.1) is 0 Å². The van der Waals surface area contributed by atoms with Crippen molar-refractivity contribution in [2.45, 2.75) is 13.5 Å². The zero-order chi connectivity index (χ0) is 17.8. The number of nitrogens with one attached hydrogen (secondary N) is 1. The third-order valence-corrected chi connectivity index (χ3v) is 4.15. The van der Waals surface area contributed by atoms with E-state index in [4.69, 9.17) is 11.6 Å². The number of Topliss-reactive ketones (excluding diaryl/α,β-unsaturated/α-hetero) is 1. The van der Waals surface area contributed by atoms with Crippen LogP contribution >= 0.6 is 11.6 Å². The van der Waals surface area contributed by atoms with Gasteiger partial charge in [0.15, 0.2) is 0 Å². The maximum atomic E-state index is 12.5. The molecule has 0 aliphatic rings. The quantitative estimate of drug-likeness (QED) is 0.549. The lowest BCUT2D eigenvalue weighted by molar-refractivity contribution is -0.112. The number of aryl methyl sites for hydroxylation is 1. The Bertz CT molecular complexity index is 916. The monoisotopic (exact) mass is 352 g/mol. The van der Waals surface area contributed by atoms with Crippen molar-refractivity contribution in [1.29, 1.82) is 0 Å². The molecule has 2 aromatic carbocycles. The summed E-state index contributed by atoms with van der Waals surface area (Å²) < 4.78 is 1.76. The number of nitrogens with zero attached hydrogens (tertiary/aromatic N) is 1. The summed E-state index contributed by atoms with van der Waals surface area (Å²) in [6.07, 6.45) is 1.78. The number of rotatable bonds is 5. The van der Waals surface area contributed by atoms with Gasteiger partial charge in [0.2, 0.25) is 0 Å². The maximum Gasteiger partial charge on any atom is 0.298 e. The Balaban J connectivity index is 1.77. The van der Waals surface area contributed by atoms with Gasteiger partial charge in [-0.2, -0.15) is 0 Å². The second-order valence-electron chi connectivity index (χ2n) is 5.77. The second-order valence-corrected chi connectivity index (χ2v) is 6.18. The normalized spacial score (nSPS) is 10.5. The molecule has 0 radical (unpaired) electrons. The standard InChI is InChI=1S/C20H17ClN2O2/c1-14-9-10-17(16(21)12-14)22-20(25)19(24)18-8-5-11-23(18)13-15-6-3-2-4-7-15/h2-12H,13H2,1H3,(H,22,25). The van der Waals surface area contributed by atoms with E-state index in [1.165, 1.54) is 0 Å². The third-order valence-electron chi connectivity index (χ3n) is 3.84. The van der Waals surface area contributed by atoms with Crippen molar-refractivity contribution in [2.24, 2.45) is 0 Å². The molecule has 3 aromatic rings. The van der Waals surface area contributed by atoms with Gasteiger partial charge in [0.05, 0.1) is 16.4 Å². The first-order valence-electron chi connectivity index (χ1n) is 7.85. The minimum absolute atomic E-state index is 0.338. The van der Waals surface area contributed by atoms with E-state index in [1.54, 1.807) is 35.0 Å². The molecule has 126 valence electrons. The summed E-state index contributed by atoms with van der Waals surface area (Å²) in [6.45, 7) is 2.42. The lowest BCUT2D eigenvalue weighted by Gasteiger charge is -2.10. The molecule has 0 spiro atoms. The van der Waals surface area contributed by atoms with Gasteiger partial charge in [-0.1, -0.05) is 48.0 Å². The van der Waals surface area contributed by atoms with Crippen molar-refractivity contribution in [3.8, 4) is 0 Å². The molecule has 25 heavy (non-hydrogen) atoms. The highest BCUT2D eigenvalue weighted by Gasteiger charge is 2.20. The van der Waals surface area contributed by atoms with Crippen LogP contribution in [0.15, 0.2) is 66.9 Å². The van der Waals surface area contributed by atoms with Crippen LogP contribution in [-0.4, -0.2) is 16.3 Å². The summed E-state index contributed by atoms with van der Waals surface area (Å²) in [6, 6.07) is 18.4. The van der Waals surface area contributed by atoms with Crippen LogP contribution in [0, 0.1) is 6.92 Å².